The molecule has 0 heterocycles. The van der Waals surface area contributed by atoms with Gasteiger partial charge in [-0.25, -0.2) is 0 Å². The quantitative estimate of drug-likeness (QED) is 0.0195. The number of carbonyl (C=O) groups is 2. The van der Waals surface area contributed by atoms with Crippen molar-refractivity contribution in [3.05, 3.63) is 134 Å². The summed E-state index contributed by atoms with van der Waals surface area (Å²) >= 11 is 0. The molecule has 0 aromatic heterocycles. The van der Waals surface area contributed by atoms with Crippen molar-refractivity contribution in [1.82, 2.24) is 0 Å². The Kier molecular flexibility index (Phi) is 55.0. The van der Waals surface area contributed by atoms with Crippen molar-refractivity contribution in [3.63, 3.8) is 0 Å². The van der Waals surface area contributed by atoms with Crippen LogP contribution < -0.4 is 4.89 Å². The molecular weight excluding hydrogens is 990 g/mol. The molecule has 0 aliphatic rings. The number of hydrogen-bond donors (Lipinski definition) is 0. The maximum absolute atomic E-state index is 12.8. The molecule has 2 atom stereocenters. The Morgan fingerprint density at radius 2 is 0.731 bits per heavy atom. The van der Waals surface area contributed by atoms with Crippen molar-refractivity contribution in [2.24, 2.45) is 0 Å². The molecule has 2 unspecified atom stereocenters. The molecule has 0 saturated carbocycles. The Balaban J connectivity index is 4.26. The highest BCUT2D eigenvalue weighted by molar-refractivity contribution is 7.45. The molecule has 0 aliphatic heterocycles. The average Bonchev–Trinajstić information content (AvgIpc) is 3.41. The van der Waals surface area contributed by atoms with Gasteiger partial charge in [0.25, 0.3) is 7.82 Å². The first kappa shape index (κ1) is 74.2. The summed E-state index contributed by atoms with van der Waals surface area (Å²) < 4.78 is 34.1. The fourth-order valence-electron chi connectivity index (χ4n) is 7.91. The minimum atomic E-state index is -4.66. The Morgan fingerprint density at radius 3 is 1.12 bits per heavy atom. The second-order valence-electron chi connectivity index (χ2n) is 21.3. The summed E-state index contributed by atoms with van der Waals surface area (Å²) in [6.07, 6.45) is 83.6. The fraction of sp³-hybridized carbons (Fsp3) is 0.647. The molecule has 0 aromatic carbocycles. The van der Waals surface area contributed by atoms with Crippen molar-refractivity contribution in [3.8, 4) is 0 Å². The molecule has 0 amide bonds. The van der Waals surface area contributed by atoms with Gasteiger partial charge in [0.1, 0.15) is 19.8 Å². The predicted molar refractivity (Wildman–Crippen MR) is 332 cm³/mol. The van der Waals surface area contributed by atoms with E-state index in [-0.39, 0.29) is 26.1 Å². The highest BCUT2D eigenvalue weighted by atomic mass is 31.2. The number of quaternary nitrogens is 1. The molecule has 0 N–H and O–H groups in total. The van der Waals surface area contributed by atoms with Gasteiger partial charge in [0.05, 0.1) is 27.7 Å². The summed E-state index contributed by atoms with van der Waals surface area (Å²) in [4.78, 5) is 37.9. The number of esters is 2. The van der Waals surface area contributed by atoms with Gasteiger partial charge in [0, 0.05) is 12.8 Å². The summed E-state index contributed by atoms with van der Waals surface area (Å²) in [6, 6.07) is 0. The first-order valence-electron chi connectivity index (χ1n) is 30.9. The van der Waals surface area contributed by atoms with Crippen LogP contribution in [0.15, 0.2) is 134 Å². The molecule has 0 spiro atoms. The van der Waals surface area contributed by atoms with Crippen molar-refractivity contribution >= 4 is 19.8 Å². The van der Waals surface area contributed by atoms with Gasteiger partial charge < -0.3 is 27.9 Å². The molecule has 0 aromatic rings. The zero-order valence-electron chi connectivity index (χ0n) is 50.3. The van der Waals surface area contributed by atoms with Crippen LogP contribution in [-0.2, 0) is 32.7 Å². The summed E-state index contributed by atoms with van der Waals surface area (Å²) in [5, 5.41) is 0. The molecule has 10 heteroatoms. The third kappa shape index (κ3) is 61.4. The average molecular weight is 1100 g/mol. The second kappa shape index (κ2) is 57.8. The first-order valence-corrected chi connectivity index (χ1v) is 32.4. The molecule has 78 heavy (non-hydrogen) atoms. The smallest absolute Gasteiger partial charge is 0.306 e. The molecule has 0 saturated heterocycles. The number of phosphoric ester groups is 1. The lowest BCUT2D eigenvalue weighted by molar-refractivity contribution is -0.870. The predicted octanol–water partition coefficient (Wildman–Crippen LogP) is 19.1. The van der Waals surface area contributed by atoms with Gasteiger partial charge in [-0.15, -0.1) is 0 Å². The second-order valence-corrected chi connectivity index (χ2v) is 22.7. The summed E-state index contributed by atoms with van der Waals surface area (Å²) in [5.41, 5.74) is 0. The molecule has 444 valence electrons. The van der Waals surface area contributed by atoms with E-state index in [9.17, 15) is 19.0 Å². The van der Waals surface area contributed by atoms with Crippen LogP contribution in [-0.4, -0.2) is 70.0 Å². The van der Waals surface area contributed by atoms with Gasteiger partial charge >= 0.3 is 11.9 Å². The maximum Gasteiger partial charge on any atom is 0.306 e. The SMILES string of the molecule is CC/C=C\C/C=C\C/C=C\C/C=C\C/C=C\C/C=C\C/C=C\C/C=C\CCCCC(=O)OC(COC(=O)CCCCCCCCCCCCCC/C=C\C/C=C\C/C=C\CCCCCCC)COP(=O)([O-])OCC[N+](C)(C)C. The van der Waals surface area contributed by atoms with Crippen molar-refractivity contribution in [2.75, 3.05) is 47.5 Å². The lowest BCUT2D eigenvalue weighted by Gasteiger charge is -2.28. The standard InChI is InChI=1S/C68H114NO8P/c1-6-8-10-12-14-16-18-20-22-24-26-28-30-32-34-36-38-40-42-44-46-48-50-52-54-56-58-60-67(70)74-64-66(65-76-78(72,73)75-63-62-69(3,4)5)77-68(71)61-59-57-55-53-51-49-47-45-43-41-39-37-35-33-31-29-27-25-23-21-19-17-15-13-11-9-7-2/h9,11,15,17-18,20-21,23-24,26-27,29-30,32-33,35,39,41,45,47,51,53,66H,6-8,10,12-14,16,19,22,25,28,31,34,36-38,40,42-44,46,48-50,52,54-65H2,1-5H3/b11-9-,17-15-,20-18-,23-21-,26-24-,29-27-,32-30-,35-33-,41-39-,47-45-,53-51-. The first-order chi connectivity index (χ1) is 38.0. The fourth-order valence-corrected chi connectivity index (χ4v) is 8.64. The molecule has 0 aliphatic carbocycles. The van der Waals surface area contributed by atoms with E-state index in [1.54, 1.807) is 0 Å². The van der Waals surface area contributed by atoms with Gasteiger partial charge in [-0.1, -0.05) is 237 Å². The van der Waals surface area contributed by atoms with Gasteiger partial charge in [-0.2, -0.15) is 0 Å². The number of rotatable bonds is 55. The highest BCUT2D eigenvalue weighted by Gasteiger charge is 2.21. The number of nitrogens with zero attached hydrogens (tertiary/aromatic N) is 1. The summed E-state index contributed by atoms with van der Waals surface area (Å²) in [7, 11) is 1.12. The number of allylic oxidation sites excluding steroid dienone is 22. The van der Waals surface area contributed by atoms with Crippen LogP contribution in [0.3, 0.4) is 0 Å². The van der Waals surface area contributed by atoms with E-state index in [1.165, 1.54) is 96.3 Å². The van der Waals surface area contributed by atoms with Crippen LogP contribution >= 0.6 is 7.82 Å². The molecule has 0 fully saturated rings. The van der Waals surface area contributed by atoms with Crippen LogP contribution in [0.4, 0.5) is 0 Å². The molecule has 0 rings (SSSR count). The van der Waals surface area contributed by atoms with Crippen molar-refractivity contribution in [1.29, 1.82) is 0 Å². The van der Waals surface area contributed by atoms with E-state index in [0.717, 1.165) is 96.3 Å². The number of ether oxygens (including phenoxy) is 2. The van der Waals surface area contributed by atoms with Crippen LogP contribution in [0.5, 0.6) is 0 Å². The number of hydrogen-bond acceptors (Lipinski definition) is 8. The van der Waals surface area contributed by atoms with Gasteiger partial charge in [-0.05, 0) is 116 Å². The molecule has 0 bridgehead atoms. The maximum atomic E-state index is 12.8. The van der Waals surface area contributed by atoms with Crippen LogP contribution in [0, 0.1) is 0 Å². The molecule has 0 radical (unpaired) electrons. The summed E-state index contributed by atoms with van der Waals surface area (Å²) in [5.74, 6) is -0.894. The van der Waals surface area contributed by atoms with Crippen LogP contribution in [0.1, 0.15) is 232 Å². The number of phosphoric acid groups is 1. The summed E-state index contributed by atoms with van der Waals surface area (Å²) in [6.45, 7) is 4.05. The van der Waals surface area contributed by atoms with E-state index < -0.39 is 32.5 Å². The Morgan fingerprint density at radius 1 is 0.410 bits per heavy atom. The third-order valence-corrected chi connectivity index (χ3v) is 13.6. The van der Waals surface area contributed by atoms with E-state index >= 15 is 0 Å². The Hall–Kier alpha value is -3.85. The minimum Gasteiger partial charge on any atom is -0.756 e. The minimum absolute atomic E-state index is 0.0473. The number of likely N-dealkylation sites (N-methyl/N-ethyl adjacent to an activating group) is 1. The monoisotopic (exact) mass is 1100 g/mol. The largest absolute Gasteiger partial charge is 0.756 e. The van der Waals surface area contributed by atoms with Gasteiger partial charge in [-0.3, -0.25) is 14.2 Å². The molecule has 9 nitrogen and oxygen atoms in total. The van der Waals surface area contributed by atoms with E-state index in [1.807, 2.05) is 21.1 Å². The third-order valence-electron chi connectivity index (χ3n) is 12.7. The van der Waals surface area contributed by atoms with Crippen molar-refractivity contribution in [2.45, 2.75) is 238 Å². The zero-order valence-corrected chi connectivity index (χ0v) is 51.2. The Bertz CT molecular complexity index is 1780. The molecular formula is C68H114NO8P. The number of carbonyl (C=O) groups excluding carboxylic acids is 2. The van der Waals surface area contributed by atoms with E-state index in [0.29, 0.717) is 23.9 Å². The highest BCUT2D eigenvalue weighted by Crippen LogP contribution is 2.38. The van der Waals surface area contributed by atoms with Crippen LogP contribution in [0.25, 0.3) is 0 Å². The van der Waals surface area contributed by atoms with Crippen LogP contribution in [0.2, 0.25) is 0 Å². The van der Waals surface area contributed by atoms with Gasteiger partial charge in [0.2, 0.25) is 0 Å². The zero-order chi connectivity index (χ0) is 57.0. The van der Waals surface area contributed by atoms with Crippen molar-refractivity contribution < 1.29 is 42.1 Å². The topological polar surface area (TPSA) is 111 Å². The lowest BCUT2D eigenvalue weighted by Crippen LogP contribution is -2.37. The number of unbranched alkanes of at least 4 members (excludes halogenated alkanes) is 19. The lowest BCUT2D eigenvalue weighted by atomic mass is 10.0. The van der Waals surface area contributed by atoms with E-state index in [4.69, 9.17) is 18.5 Å². The van der Waals surface area contributed by atoms with E-state index in [2.05, 4.69) is 148 Å². The van der Waals surface area contributed by atoms with Gasteiger partial charge in [0.15, 0.2) is 6.10 Å². The Labute approximate surface area is 479 Å². The normalized spacial score (nSPS) is 14.2.